The maximum Gasteiger partial charge on any atom is 0.151 e. The van der Waals surface area contributed by atoms with Crippen LogP contribution in [0.3, 0.4) is 0 Å². The lowest BCUT2D eigenvalue weighted by molar-refractivity contribution is -0.120. The van der Waals surface area contributed by atoms with Gasteiger partial charge in [0.25, 0.3) is 0 Å². The number of ketones is 1. The van der Waals surface area contributed by atoms with Gasteiger partial charge in [-0.25, -0.2) is 4.39 Å². The minimum atomic E-state index is -0.258. The van der Waals surface area contributed by atoms with Gasteiger partial charge in [0.1, 0.15) is 5.82 Å². The van der Waals surface area contributed by atoms with E-state index in [-0.39, 0.29) is 17.1 Å². The zero-order chi connectivity index (χ0) is 13.2. The Labute approximate surface area is 108 Å². The highest BCUT2D eigenvalue weighted by Crippen LogP contribution is 2.27. The Morgan fingerprint density at radius 1 is 1.33 bits per heavy atom. The summed E-state index contributed by atoms with van der Waals surface area (Å²) in [6.07, 6.45) is 2.71. The van der Waals surface area contributed by atoms with E-state index in [2.05, 4.69) is 18.7 Å². The molecule has 1 aliphatic rings. The Morgan fingerprint density at radius 3 is 2.56 bits per heavy atom. The average molecular weight is 249 g/mol. The van der Waals surface area contributed by atoms with E-state index >= 15 is 0 Å². The molecule has 1 heterocycles. The Hall–Kier alpha value is -1.22. The predicted molar refractivity (Wildman–Crippen MR) is 70.0 cm³/mol. The molecule has 0 spiro atoms. The molecule has 2 nitrogen and oxygen atoms in total. The van der Waals surface area contributed by atoms with E-state index in [1.165, 1.54) is 12.1 Å². The van der Waals surface area contributed by atoms with Gasteiger partial charge in [-0.1, -0.05) is 12.1 Å². The minimum absolute atomic E-state index is 0.137. The number of Topliss-reactive ketones (excluding diaryl/α,β-unsaturated/α-hetero) is 1. The molecule has 0 bridgehead atoms. The molecule has 0 saturated carbocycles. The second kappa shape index (κ2) is 5.19. The van der Waals surface area contributed by atoms with Crippen molar-refractivity contribution in [1.29, 1.82) is 0 Å². The van der Waals surface area contributed by atoms with Crippen LogP contribution in [0.15, 0.2) is 24.3 Å². The number of benzene rings is 1. The molecule has 1 aromatic rings. The normalized spacial score (nSPS) is 19.1. The fourth-order valence-electron chi connectivity index (χ4n) is 2.56. The molecule has 1 saturated heterocycles. The second-order valence-corrected chi connectivity index (χ2v) is 5.68. The van der Waals surface area contributed by atoms with Crippen molar-refractivity contribution >= 4 is 5.78 Å². The van der Waals surface area contributed by atoms with Crippen molar-refractivity contribution < 1.29 is 9.18 Å². The predicted octanol–water partition coefficient (Wildman–Crippen LogP) is 2.81. The Morgan fingerprint density at radius 2 is 2.00 bits per heavy atom. The van der Waals surface area contributed by atoms with Crippen molar-refractivity contribution in [3.05, 3.63) is 35.6 Å². The molecule has 2 rings (SSSR count). The van der Waals surface area contributed by atoms with Gasteiger partial charge >= 0.3 is 0 Å². The summed E-state index contributed by atoms with van der Waals surface area (Å²) < 4.78 is 12.8. The van der Waals surface area contributed by atoms with Crippen LogP contribution in [0.25, 0.3) is 0 Å². The molecule has 1 aromatic carbocycles. The molecule has 0 N–H and O–H groups in total. The fraction of sp³-hybridized carbons (Fsp3) is 0.533. The largest absolute Gasteiger partial charge is 0.298 e. The minimum Gasteiger partial charge on any atom is -0.298 e. The van der Waals surface area contributed by atoms with Crippen molar-refractivity contribution in [2.75, 3.05) is 13.1 Å². The van der Waals surface area contributed by atoms with E-state index in [0.717, 1.165) is 24.9 Å². The van der Waals surface area contributed by atoms with Crippen molar-refractivity contribution in [1.82, 2.24) is 4.90 Å². The van der Waals surface area contributed by atoms with Crippen LogP contribution in [0.5, 0.6) is 0 Å². The quantitative estimate of drug-likeness (QED) is 0.818. The van der Waals surface area contributed by atoms with Crippen LogP contribution in [-0.4, -0.2) is 29.3 Å². The number of carbonyl (C=O) groups is 1. The highest BCUT2D eigenvalue weighted by molar-refractivity contribution is 5.82. The van der Waals surface area contributed by atoms with Crippen LogP contribution in [0.2, 0.25) is 0 Å². The maximum atomic E-state index is 12.8. The molecule has 0 unspecified atom stereocenters. The van der Waals surface area contributed by atoms with Crippen LogP contribution in [0, 0.1) is 5.82 Å². The summed E-state index contributed by atoms with van der Waals surface area (Å²) in [5.41, 5.74) is 1.02. The molecule has 1 fully saturated rings. The van der Waals surface area contributed by atoms with Crippen LogP contribution in [-0.2, 0) is 11.2 Å². The summed E-state index contributed by atoms with van der Waals surface area (Å²) in [5.74, 6) is -0.0524. The van der Waals surface area contributed by atoms with Gasteiger partial charge in [-0.2, -0.15) is 0 Å². The molecule has 18 heavy (non-hydrogen) atoms. The van der Waals surface area contributed by atoms with E-state index in [0.29, 0.717) is 13.0 Å². The third-order valence-electron chi connectivity index (χ3n) is 3.75. The Kier molecular flexibility index (Phi) is 3.81. The standard InChI is InChI=1S/C15H20FNO/c1-15(2)8-3-9-17(15)11-14(18)10-12-4-6-13(16)7-5-12/h4-7H,3,8-11H2,1-2H3. The smallest absolute Gasteiger partial charge is 0.151 e. The van der Waals surface area contributed by atoms with Gasteiger partial charge in [0.2, 0.25) is 0 Å². The second-order valence-electron chi connectivity index (χ2n) is 5.68. The van der Waals surface area contributed by atoms with E-state index in [1.54, 1.807) is 12.1 Å². The third kappa shape index (κ3) is 3.16. The molecular weight excluding hydrogens is 229 g/mol. The number of likely N-dealkylation sites (tertiary alicyclic amines) is 1. The highest BCUT2D eigenvalue weighted by Gasteiger charge is 2.32. The summed E-state index contributed by atoms with van der Waals surface area (Å²) >= 11 is 0. The monoisotopic (exact) mass is 249 g/mol. The third-order valence-corrected chi connectivity index (χ3v) is 3.75. The van der Waals surface area contributed by atoms with Crippen LogP contribution in [0.1, 0.15) is 32.3 Å². The molecule has 3 heteroatoms. The van der Waals surface area contributed by atoms with Gasteiger partial charge in [-0.3, -0.25) is 9.69 Å². The van der Waals surface area contributed by atoms with Crippen LogP contribution >= 0.6 is 0 Å². The SMILES string of the molecule is CC1(C)CCCN1CC(=O)Cc1ccc(F)cc1. The maximum absolute atomic E-state index is 12.8. The molecule has 0 atom stereocenters. The first kappa shape index (κ1) is 13.2. The van der Waals surface area contributed by atoms with Gasteiger partial charge in [0, 0.05) is 12.0 Å². The molecule has 0 radical (unpaired) electrons. The van der Waals surface area contributed by atoms with E-state index in [1.807, 2.05) is 0 Å². The van der Waals surface area contributed by atoms with Crippen molar-refractivity contribution in [3.63, 3.8) is 0 Å². The Balaban J connectivity index is 1.91. The van der Waals surface area contributed by atoms with Gasteiger partial charge in [0.15, 0.2) is 5.78 Å². The van der Waals surface area contributed by atoms with Crippen molar-refractivity contribution in [2.45, 2.75) is 38.6 Å². The van der Waals surface area contributed by atoms with Crippen molar-refractivity contribution in [3.8, 4) is 0 Å². The number of rotatable bonds is 4. The van der Waals surface area contributed by atoms with Gasteiger partial charge in [-0.15, -0.1) is 0 Å². The topological polar surface area (TPSA) is 20.3 Å². The van der Waals surface area contributed by atoms with E-state index in [4.69, 9.17) is 0 Å². The number of nitrogens with zero attached hydrogens (tertiary/aromatic N) is 1. The lowest BCUT2D eigenvalue weighted by atomic mass is 10.0. The van der Waals surface area contributed by atoms with Crippen LogP contribution < -0.4 is 0 Å². The van der Waals surface area contributed by atoms with Crippen molar-refractivity contribution in [2.24, 2.45) is 0 Å². The number of hydrogen-bond acceptors (Lipinski definition) is 2. The summed E-state index contributed by atoms with van der Waals surface area (Å²) in [4.78, 5) is 14.3. The molecule has 1 aliphatic heterocycles. The van der Waals surface area contributed by atoms with Gasteiger partial charge < -0.3 is 0 Å². The first-order valence-electron chi connectivity index (χ1n) is 6.48. The average Bonchev–Trinajstić information content (AvgIpc) is 2.62. The lowest BCUT2D eigenvalue weighted by Gasteiger charge is -2.30. The summed E-state index contributed by atoms with van der Waals surface area (Å²) in [5, 5.41) is 0. The summed E-state index contributed by atoms with van der Waals surface area (Å²) in [6.45, 7) is 5.88. The van der Waals surface area contributed by atoms with E-state index < -0.39 is 0 Å². The van der Waals surface area contributed by atoms with E-state index in [9.17, 15) is 9.18 Å². The Bertz CT molecular complexity index is 425. The lowest BCUT2D eigenvalue weighted by Crippen LogP contribution is -2.41. The summed E-state index contributed by atoms with van der Waals surface area (Å²) in [7, 11) is 0. The molecule has 0 amide bonds. The zero-order valence-electron chi connectivity index (χ0n) is 11.1. The first-order chi connectivity index (χ1) is 8.47. The zero-order valence-corrected chi connectivity index (χ0v) is 11.1. The fourth-order valence-corrected chi connectivity index (χ4v) is 2.56. The molecular formula is C15H20FNO. The van der Waals surface area contributed by atoms with Gasteiger partial charge in [0.05, 0.1) is 6.54 Å². The number of carbonyl (C=O) groups excluding carboxylic acids is 1. The first-order valence-corrected chi connectivity index (χ1v) is 6.48. The molecule has 98 valence electrons. The summed E-state index contributed by atoms with van der Waals surface area (Å²) in [6, 6.07) is 6.18. The molecule has 0 aliphatic carbocycles. The van der Waals surface area contributed by atoms with Crippen LogP contribution in [0.4, 0.5) is 4.39 Å². The van der Waals surface area contributed by atoms with Gasteiger partial charge in [-0.05, 0) is 50.9 Å². The number of halogens is 1. The number of hydrogen-bond donors (Lipinski definition) is 0. The highest BCUT2D eigenvalue weighted by atomic mass is 19.1. The molecule has 0 aromatic heterocycles.